The van der Waals surface area contributed by atoms with Crippen molar-refractivity contribution in [2.45, 2.75) is 4.90 Å². The maximum absolute atomic E-state index is 12.4. The minimum atomic E-state index is -3.42. The number of nitro groups is 2. The van der Waals surface area contributed by atoms with E-state index < -0.39 is 37.0 Å². The van der Waals surface area contributed by atoms with Crippen LogP contribution < -0.4 is 5.32 Å². The van der Waals surface area contributed by atoms with Crippen molar-refractivity contribution in [1.82, 2.24) is 4.98 Å². The lowest BCUT2D eigenvalue weighted by atomic mass is 10.1. The van der Waals surface area contributed by atoms with Crippen LogP contribution in [-0.4, -0.2) is 35.4 Å². The molecule has 0 aliphatic heterocycles. The van der Waals surface area contributed by atoms with Crippen LogP contribution in [-0.2, 0) is 9.84 Å². The first-order chi connectivity index (χ1) is 13.1. The van der Waals surface area contributed by atoms with Crippen LogP contribution in [0.2, 0.25) is 0 Å². The first-order valence-electron chi connectivity index (χ1n) is 7.41. The van der Waals surface area contributed by atoms with Crippen LogP contribution in [0.4, 0.5) is 16.5 Å². The van der Waals surface area contributed by atoms with Crippen molar-refractivity contribution >= 4 is 53.8 Å². The lowest BCUT2D eigenvalue weighted by molar-refractivity contribution is -0.394. The quantitative estimate of drug-likeness (QED) is 0.484. The molecule has 0 unspecified atom stereocenters. The molecule has 0 spiro atoms. The van der Waals surface area contributed by atoms with E-state index in [-0.39, 0.29) is 15.6 Å². The third kappa shape index (κ3) is 3.79. The molecule has 0 aliphatic carbocycles. The summed E-state index contributed by atoms with van der Waals surface area (Å²) in [5.74, 6) is -0.871. The normalized spacial score (nSPS) is 11.3. The number of nitro benzene ring substituents is 2. The molecular weight excluding hydrogens is 412 g/mol. The summed E-state index contributed by atoms with van der Waals surface area (Å²) >= 11 is 0.987. The van der Waals surface area contributed by atoms with Gasteiger partial charge in [-0.1, -0.05) is 11.3 Å². The van der Waals surface area contributed by atoms with E-state index in [9.17, 15) is 33.4 Å². The van der Waals surface area contributed by atoms with Gasteiger partial charge in [0.05, 0.1) is 31.0 Å². The summed E-state index contributed by atoms with van der Waals surface area (Å²) in [6, 6.07) is 6.94. The number of non-ortho nitro benzene ring substituents is 1. The SMILES string of the molecule is CS(=O)(=O)c1ccc2nc(NC(=O)c3ccc([N+](=O)[O-])cc3[N+](=O)[O-])sc2c1. The molecule has 1 N–H and O–H groups in total. The number of sulfone groups is 1. The molecule has 1 aromatic heterocycles. The summed E-state index contributed by atoms with van der Waals surface area (Å²) in [6.45, 7) is 0. The highest BCUT2D eigenvalue weighted by molar-refractivity contribution is 7.90. The average Bonchev–Trinajstić information content (AvgIpc) is 3.01. The Kier molecular flexibility index (Phi) is 4.79. The Morgan fingerprint density at radius 1 is 1.11 bits per heavy atom. The lowest BCUT2D eigenvalue weighted by Crippen LogP contribution is -2.14. The Labute approximate surface area is 160 Å². The Morgan fingerprint density at radius 2 is 1.82 bits per heavy atom. The van der Waals surface area contributed by atoms with E-state index in [0.717, 1.165) is 29.7 Å². The Bertz CT molecular complexity index is 1250. The van der Waals surface area contributed by atoms with Gasteiger partial charge < -0.3 is 0 Å². The second-order valence-corrected chi connectivity index (χ2v) is 8.64. The van der Waals surface area contributed by atoms with E-state index in [1.807, 2.05) is 0 Å². The summed E-state index contributed by atoms with van der Waals surface area (Å²) in [5.41, 5.74) is -1.17. The summed E-state index contributed by atoms with van der Waals surface area (Å²) in [4.78, 5) is 36.9. The summed E-state index contributed by atoms with van der Waals surface area (Å²) < 4.78 is 23.7. The largest absolute Gasteiger partial charge is 0.298 e. The van der Waals surface area contributed by atoms with Gasteiger partial charge in [0.1, 0.15) is 5.56 Å². The van der Waals surface area contributed by atoms with Gasteiger partial charge in [0, 0.05) is 12.3 Å². The van der Waals surface area contributed by atoms with E-state index in [1.54, 1.807) is 0 Å². The van der Waals surface area contributed by atoms with Crippen LogP contribution in [0.1, 0.15) is 10.4 Å². The molecule has 1 heterocycles. The number of nitrogens with one attached hydrogen (secondary N) is 1. The number of carbonyl (C=O) groups excluding carboxylic acids is 1. The molecule has 3 rings (SSSR count). The number of fused-ring (bicyclic) bond motifs is 1. The van der Waals surface area contributed by atoms with Crippen LogP contribution in [0.5, 0.6) is 0 Å². The molecule has 2 aromatic carbocycles. The van der Waals surface area contributed by atoms with Gasteiger partial charge in [-0.2, -0.15) is 0 Å². The van der Waals surface area contributed by atoms with Crippen molar-refractivity contribution in [3.8, 4) is 0 Å². The van der Waals surface area contributed by atoms with E-state index in [0.29, 0.717) is 16.3 Å². The Morgan fingerprint density at radius 3 is 2.43 bits per heavy atom. The van der Waals surface area contributed by atoms with Crippen LogP contribution in [0, 0.1) is 20.2 Å². The third-order valence-electron chi connectivity index (χ3n) is 3.64. The van der Waals surface area contributed by atoms with Crippen molar-refractivity contribution in [1.29, 1.82) is 0 Å². The number of carbonyl (C=O) groups is 1. The van der Waals surface area contributed by atoms with Crippen molar-refractivity contribution in [3.63, 3.8) is 0 Å². The van der Waals surface area contributed by atoms with E-state index in [1.165, 1.54) is 18.2 Å². The zero-order valence-electron chi connectivity index (χ0n) is 14.0. The minimum Gasteiger partial charge on any atom is -0.298 e. The monoisotopic (exact) mass is 422 g/mol. The third-order valence-corrected chi connectivity index (χ3v) is 5.69. The molecule has 11 nitrogen and oxygen atoms in total. The number of benzene rings is 2. The molecular formula is C15H10N4O7S2. The molecule has 0 bridgehead atoms. The van der Waals surface area contributed by atoms with Crippen LogP contribution in [0.15, 0.2) is 41.3 Å². The van der Waals surface area contributed by atoms with Gasteiger partial charge >= 0.3 is 0 Å². The zero-order valence-corrected chi connectivity index (χ0v) is 15.6. The van der Waals surface area contributed by atoms with Gasteiger partial charge in [0.15, 0.2) is 15.0 Å². The molecule has 0 saturated carbocycles. The molecule has 0 radical (unpaired) electrons. The number of hydrogen-bond acceptors (Lipinski definition) is 9. The lowest BCUT2D eigenvalue weighted by Gasteiger charge is -2.03. The number of aromatic nitrogens is 1. The van der Waals surface area contributed by atoms with Gasteiger partial charge in [-0.3, -0.25) is 30.3 Å². The highest BCUT2D eigenvalue weighted by Gasteiger charge is 2.25. The Hall–Kier alpha value is -3.45. The van der Waals surface area contributed by atoms with Gasteiger partial charge in [-0.25, -0.2) is 13.4 Å². The van der Waals surface area contributed by atoms with E-state index >= 15 is 0 Å². The zero-order chi connectivity index (χ0) is 20.6. The number of thiazole rings is 1. The molecule has 0 saturated heterocycles. The fourth-order valence-electron chi connectivity index (χ4n) is 2.33. The van der Waals surface area contributed by atoms with Crippen molar-refractivity contribution in [2.75, 3.05) is 11.6 Å². The van der Waals surface area contributed by atoms with Crippen LogP contribution in [0.3, 0.4) is 0 Å². The number of amides is 1. The molecule has 0 aliphatic rings. The molecule has 0 atom stereocenters. The minimum absolute atomic E-state index is 0.0903. The number of anilines is 1. The van der Waals surface area contributed by atoms with Gasteiger partial charge in [0.25, 0.3) is 17.3 Å². The van der Waals surface area contributed by atoms with Crippen LogP contribution >= 0.6 is 11.3 Å². The van der Waals surface area contributed by atoms with Crippen molar-refractivity contribution in [3.05, 3.63) is 62.2 Å². The predicted molar refractivity (Wildman–Crippen MR) is 100 cm³/mol. The van der Waals surface area contributed by atoms with Gasteiger partial charge in [-0.15, -0.1) is 0 Å². The fourth-order valence-corrected chi connectivity index (χ4v) is 3.95. The van der Waals surface area contributed by atoms with E-state index in [4.69, 9.17) is 0 Å². The topological polar surface area (TPSA) is 162 Å². The molecule has 144 valence electrons. The summed E-state index contributed by atoms with van der Waals surface area (Å²) in [6.07, 6.45) is 1.06. The first-order valence-corrected chi connectivity index (χ1v) is 10.1. The van der Waals surface area contributed by atoms with Gasteiger partial charge in [0.2, 0.25) is 0 Å². The smallest absolute Gasteiger partial charge is 0.289 e. The molecule has 0 fully saturated rings. The standard InChI is InChI=1S/C15H10N4O7S2/c1-28(25,26)9-3-5-11-13(7-9)27-15(16-11)17-14(20)10-4-2-8(18(21)22)6-12(10)19(23)24/h2-7H,1H3,(H,16,17,20). The molecule has 28 heavy (non-hydrogen) atoms. The maximum atomic E-state index is 12.4. The molecule has 1 amide bonds. The fraction of sp³-hybridized carbons (Fsp3) is 0.0667. The highest BCUT2D eigenvalue weighted by Crippen LogP contribution is 2.30. The van der Waals surface area contributed by atoms with E-state index in [2.05, 4.69) is 10.3 Å². The van der Waals surface area contributed by atoms with Crippen molar-refractivity contribution in [2.24, 2.45) is 0 Å². The maximum Gasteiger partial charge on any atom is 0.289 e. The molecule has 13 heteroatoms. The number of nitrogens with zero attached hydrogens (tertiary/aromatic N) is 3. The highest BCUT2D eigenvalue weighted by atomic mass is 32.2. The number of rotatable bonds is 5. The molecule has 3 aromatic rings. The van der Waals surface area contributed by atoms with Crippen molar-refractivity contribution < 1.29 is 23.1 Å². The number of hydrogen-bond donors (Lipinski definition) is 1. The second kappa shape index (κ2) is 6.94. The van der Waals surface area contributed by atoms with Crippen LogP contribution in [0.25, 0.3) is 10.2 Å². The first kappa shape index (κ1) is 19.3. The predicted octanol–water partition coefficient (Wildman–Crippen LogP) is 2.77. The Balaban J connectivity index is 1.95. The average molecular weight is 422 g/mol. The van der Waals surface area contributed by atoms with Gasteiger partial charge in [-0.05, 0) is 24.3 Å². The second-order valence-electron chi connectivity index (χ2n) is 5.59. The summed E-state index contributed by atoms with van der Waals surface area (Å²) in [7, 11) is -3.42. The summed E-state index contributed by atoms with van der Waals surface area (Å²) in [5, 5.41) is 24.4.